The lowest BCUT2D eigenvalue weighted by Gasteiger charge is -2.40. The van der Waals surface area contributed by atoms with E-state index < -0.39 is 36.6 Å². The molecule has 5 atom stereocenters. The topological polar surface area (TPSA) is 134 Å². The number of nitrogens with zero attached hydrogens (tertiary/aromatic N) is 3. The van der Waals surface area contributed by atoms with Gasteiger partial charge in [0.2, 0.25) is 0 Å². The van der Waals surface area contributed by atoms with Crippen LogP contribution in [0.2, 0.25) is 0 Å². The summed E-state index contributed by atoms with van der Waals surface area (Å²) in [5.41, 5.74) is 8.36. The highest BCUT2D eigenvalue weighted by Crippen LogP contribution is 2.24. The van der Waals surface area contributed by atoms with Crippen molar-refractivity contribution < 1.29 is 29.2 Å². The van der Waals surface area contributed by atoms with E-state index >= 15 is 0 Å². The molecule has 9 heteroatoms. The Labute approximate surface area is 103 Å². The number of rotatable bonds is 4. The molecule has 18 heavy (non-hydrogen) atoms. The molecule has 9 nitrogen and oxygen atoms in total. The van der Waals surface area contributed by atoms with Crippen LogP contribution in [0.1, 0.15) is 6.92 Å². The van der Waals surface area contributed by atoms with Gasteiger partial charge in [0.15, 0.2) is 6.29 Å². The monoisotopic (exact) mass is 261 g/mol. The molecule has 0 spiro atoms. The van der Waals surface area contributed by atoms with Gasteiger partial charge in [-0.05, 0) is 5.53 Å². The highest BCUT2D eigenvalue weighted by molar-refractivity contribution is 5.65. The first kappa shape index (κ1) is 14.7. The van der Waals surface area contributed by atoms with E-state index in [1.165, 1.54) is 14.0 Å². The Morgan fingerprint density at radius 1 is 1.56 bits per heavy atom. The van der Waals surface area contributed by atoms with Crippen LogP contribution < -0.4 is 0 Å². The van der Waals surface area contributed by atoms with Crippen molar-refractivity contribution in [1.29, 1.82) is 0 Å². The molecule has 0 unspecified atom stereocenters. The van der Waals surface area contributed by atoms with Crippen LogP contribution in [0.15, 0.2) is 5.11 Å². The number of ether oxygens (including phenoxy) is 3. The Morgan fingerprint density at radius 3 is 2.72 bits per heavy atom. The predicted octanol–water partition coefficient (Wildman–Crippen LogP) is -0.678. The zero-order valence-electron chi connectivity index (χ0n) is 9.96. The van der Waals surface area contributed by atoms with Gasteiger partial charge in [0, 0.05) is 18.9 Å². The summed E-state index contributed by atoms with van der Waals surface area (Å²) in [6, 6.07) is -1.07. The van der Waals surface area contributed by atoms with Crippen LogP contribution in [0.4, 0.5) is 0 Å². The molecule has 0 saturated carbocycles. The summed E-state index contributed by atoms with van der Waals surface area (Å²) in [5.74, 6) is -0.536. The van der Waals surface area contributed by atoms with E-state index in [4.69, 9.17) is 19.7 Å². The van der Waals surface area contributed by atoms with Crippen molar-refractivity contribution in [3.63, 3.8) is 0 Å². The molecule has 0 aromatic carbocycles. The lowest BCUT2D eigenvalue weighted by Crippen LogP contribution is -2.58. The average molecular weight is 261 g/mol. The number of aliphatic hydroxyl groups excluding tert-OH is 2. The second kappa shape index (κ2) is 6.53. The molecule has 1 aliphatic heterocycles. The zero-order valence-corrected chi connectivity index (χ0v) is 9.96. The first-order chi connectivity index (χ1) is 8.51. The van der Waals surface area contributed by atoms with Crippen LogP contribution in [0.3, 0.4) is 0 Å². The molecular weight excluding hydrogens is 246 g/mol. The minimum atomic E-state index is -1.44. The summed E-state index contributed by atoms with van der Waals surface area (Å²) in [5, 5.41) is 22.9. The molecule has 0 aliphatic carbocycles. The van der Waals surface area contributed by atoms with Crippen LogP contribution >= 0.6 is 0 Å². The lowest BCUT2D eigenvalue weighted by atomic mass is 9.97. The minimum absolute atomic E-state index is 0.226. The van der Waals surface area contributed by atoms with E-state index in [1.807, 2.05) is 0 Å². The Hall–Kier alpha value is -1.38. The fraction of sp³-hybridized carbons (Fsp3) is 0.889. The minimum Gasteiger partial charge on any atom is -0.463 e. The highest BCUT2D eigenvalue weighted by Gasteiger charge is 2.45. The van der Waals surface area contributed by atoms with Crippen LogP contribution in [-0.2, 0) is 19.0 Å². The molecule has 0 aromatic heterocycles. The summed E-state index contributed by atoms with van der Waals surface area (Å²) < 4.78 is 14.7. The Bertz CT molecular complexity index is 345. The zero-order chi connectivity index (χ0) is 13.7. The summed E-state index contributed by atoms with van der Waals surface area (Å²) in [6.45, 7) is 0.985. The maximum atomic E-state index is 10.7. The largest absolute Gasteiger partial charge is 0.463 e. The fourth-order valence-electron chi connectivity index (χ4n) is 1.71. The van der Waals surface area contributed by atoms with E-state index in [0.717, 1.165) is 0 Å². The van der Waals surface area contributed by atoms with Crippen LogP contribution in [0, 0.1) is 0 Å². The first-order valence-corrected chi connectivity index (χ1v) is 5.23. The third kappa shape index (κ3) is 3.31. The van der Waals surface area contributed by atoms with Crippen LogP contribution in [-0.4, -0.2) is 60.5 Å². The molecule has 1 rings (SSSR count). The Kier molecular flexibility index (Phi) is 5.32. The fourth-order valence-corrected chi connectivity index (χ4v) is 1.71. The second-order valence-electron chi connectivity index (χ2n) is 3.75. The highest BCUT2D eigenvalue weighted by atomic mass is 16.6. The molecule has 2 N–H and O–H groups in total. The van der Waals surface area contributed by atoms with Gasteiger partial charge in [-0.25, -0.2) is 0 Å². The van der Waals surface area contributed by atoms with Gasteiger partial charge in [0.25, 0.3) is 0 Å². The molecular formula is C9H15N3O6. The summed E-state index contributed by atoms with van der Waals surface area (Å²) in [6.07, 6.45) is -4.51. The third-order valence-electron chi connectivity index (χ3n) is 2.57. The number of carbonyl (C=O) groups is 1. The van der Waals surface area contributed by atoms with E-state index in [2.05, 4.69) is 10.0 Å². The van der Waals surface area contributed by atoms with Crippen molar-refractivity contribution in [2.75, 3.05) is 13.7 Å². The lowest BCUT2D eigenvalue weighted by molar-refractivity contribution is -0.254. The molecule has 0 radical (unpaired) electrons. The van der Waals surface area contributed by atoms with Gasteiger partial charge in [0.1, 0.15) is 24.9 Å². The molecule has 1 saturated heterocycles. The second-order valence-corrected chi connectivity index (χ2v) is 3.75. The van der Waals surface area contributed by atoms with Crippen LogP contribution in [0.5, 0.6) is 0 Å². The summed E-state index contributed by atoms with van der Waals surface area (Å²) >= 11 is 0. The SMILES string of the molecule is CO[C@H]1[C@H](O)[C@@H](COC(C)=O)O[C@H](O)[C@@H]1N=[N+]=[N-]. The summed E-state index contributed by atoms with van der Waals surface area (Å²) in [4.78, 5) is 13.2. The van der Waals surface area contributed by atoms with Gasteiger partial charge >= 0.3 is 5.97 Å². The smallest absolute Gasteiger partial charge is 0.302 e. The number of azide groups is 1. The molecule has 1 fully saturated rings. The van der Waals surface area contributed by atoms with E-state index in [-0.39, 0.29) is 6.61 Å². The number of carbonyl (C=O) groups excluding carboxylic acids is 1. The Morgan fingerprint density at radius 2 is 2.22 bits per heavy atom. The molecule has 1 heterocycles. The van der Waals surface area contributed by atoms with E-state index in [1.54, 1.807) is 0 Å². The molecule has 0 aromatic rings. The van der Waals surface area contributed by atoms with Crippen molar-refractivity contribution in [1.82, 2.24) is 0 Å². The number of aliphatic hydroxyl groups is 2. The van der Waals surface area contributed by atoms with Gasteiger partial charge in [-0.3, -0.25) is 4.79 Å². The van der Waals surface area contributed by atoms with Gasteiger partial charge in [-0.15, -0.1) is 0 Å². The van der Waals surface area contributed by atoms with Crippen molar-refractivity contribution in [3.05, 3.63) is 10.4 Å². The molecule has 0 bridgehead atoms. The quantitative estimate of drug-likeness (QED) is 0.298. The molecule has 102 valence electrons. The molecule has 0 amide bonds. The normalized spacial score (nSPS) is 35.7. The van der Waals surface area contributed by atoms with Crippen molar-refractivity contribution in [3.8, 4) is 0 Å². The van der Waals surface area contributed by atoms with Crippen molar-refractivity contribution in [2.24, 2.45) is 5.11 Å². The van der Waals surface area contributed by atoms with Gasteiger partial charge in [-0.2, -0.15) is 0 Å². The third-order valence-corrected chi connectivity index (χ3v) is 2.57. The van der Waals surface area contributed by atoms with Gasteiger partial charge in [0.05, 0.1) is 6.10 Å². The van der Waals surface area contributed by atoms with Gasteiger partial charge in [-0.1, -0.05) is 5.11 Å². The van der Waals surface area contributed by atoms with E-state index in [9.17, 15) is 15.0 Å². The standard InChI is InChI=1S/C9H15N3O6/c1-4(13)17-3-5-7(14)8(16-2)6(11-12-10)9(15)18-5/h5-9,14-15H,3H2,1-2H3/t5-,6-,7-,8-,9+/m1/s1. The number of esters is 1. The maximum Gasteiger partial charge on any atom is 0.302 e. The summed E-state index contributed by atoms with van der Waals surface area (Å²) in [7, 11) is 1.30. The number of hydrogen-bond acceptors (Lipinski definition) is 7. The van der Waals surface area contributed by atoms with Gasteiger partial charge < -0.3 is 24.4 Å². The molecule has 1 aliphatic rings. The van der Waals surface area contributed by atoms with E-state index in [0.29, 0.717) is 0 Å². The predicted molar refractivity (Wildman–Crippen MR) is 57.3 cm³/mol. The van der Waals surface area contributed by atoms with Crippen molar-refractivity contribution in [2.45, 2.75) is 37.6 Å². The number of hydrogen-bond donors (Lipinski definition) is 2. The maximum absolute atomic E-state index is 10.7. The first-order valence-electron chi connectivity index (χ1n) is 5.23. The number of methoxy groups -OCH3 is 1. The van der Waals surface area contributed by atoms with Crippen LogP contribution in [0.25, 0.3) is 10.4 Å². The van der Waals surface area contributed by atoms with Crippen molar-refractivity contribution >= 4 is 5.97 Å². The average Bonchev–Trinajstić information content (AvgIpc) is 2.32. The Balaban J connectivity index is 2.76.